The fourth-order valence-corrected chi connectivity index (χ4v) is 3.14. The Hall–Kier alpha value is -2.01. The number of carbonyl (C=O) groups is 1. The van der Waals surface area contributed by atoms with E-state index in [-0.39, 0.29) is 0 Å². The second kappa shape index (κ2) is 15.1. The first-order valence-electron chi connectivity index (χ1n) is 9.86. The van der Waals surface area contributed by atoms with Gasteiger partial charge in [-0.05, 0) is 55.3 Å². The van der Waals surface area contributed by atoms with Gasteiger partial charge >= 0.3 is 5.97 Å². The van der Waals surface area contributed by atoms with Gasteiger partial charge in [0.1, 0.15) is 0 Å². The number of nitrogens with zero attached hydrogens (tertiary/aromatic N) is 1. The molecule has 1 aliphatic rings. The number of rotatable bonds is 7. The lowest BCUT2D eigenvalue weighted by atomic mass is 10.1. The largest absolute Gasteiger partial charge is 0.478 e. The van der Waals surface area contributed by atoms with Crippen LogP contribution < -0.4 is 4.72 Å². The minimum atomic E-state index is -0.863. The van der Waals surface area contributed by atoms with Crippen molar-refractivity contribution >= 4 is 29.8 Å². The van der Waals surface area contributed by atoms with Crippen molar-refractivity contribution in [2.75, 3.05) is 0 Å². The summed E-state index contributed by atoms with van der Waals surface area (Å²) in [6, 6.07) is 6.23. The first-order valence-corrected chi connectivity index (χ1v) is 10.7. The van der Waals surface area contributed by atoms with Crippen molar-refractivity contribution in [2.45, 2.75) is 72.1 Å². The summed E-state index contributed by atoms with van der Waals surface area (Å²) in [5.74, 6) is -0.863. The topological polar surface area (TPSA) is 61.7 Å². The molecule has 0 radical (unpaired) electrons. The lowest BCUT2D eigenvalue weighted by molar-refractivity contribution is -0.132. The van der Waals surface area contributed by atoms with Crippen molar-refractivity contribution in [3.8, 4) is 0 Å². The molecule has 2 N–H and O–H groups in total. The number of carboxylic acids is 1. The number of carboxylic acid groups (broad SMARTS) is 1. The van der Waals surface area contributed by atoms with E-state index in [9.17, 15) is 4.79 Å². The Labute approximate surface area is 169 Å². The van der Waals surface area contributed by atoms with Gasteiger partial charge in [-0.1, -0.05) is 59.8 Å². The van der Waals surface area contributed by atoms with Crippen molar-refractivity contribution in [1.82, 2.24) is 4.72 Å². The average Bonchev–Trinajstić information content (AvgIpc) is 2.73. The van der Waals surface area contributed by atoms with Gasteiger partial charge in [0.05, 0.1) is 10.6 Å². The number of aryl methyl sites for hydroxylation is 1. The highest BCUT2D eigenvalue weighted by atomic mass is 32.2. The van der Waals surface area contributed by atoms with Crippen LogP contribution in [0.1, 0.15) is 66.4 Å². The van der Waals surface area contributed by atoms with Gasteiger partial charge in [-0.2, -0.15) is 0 Å². The number of benzene rings is 1. The molecular formula is C22H34N2O2S. The van der Waals surface area contributed by atoms with Crippen molar-refractivity contribution in [3.63, 3.8) is 0 Å². The summed E-state index contributed by atoms with van der Waals surface area (Å²) >= 11 is 1.53. The maximum atomic E-state index is 11.0. The molecule has 0 bridgehead atoms. The maximum Gasteiger partial charge on any atom is 0.331 e. The van der Waals surface area contributed by atoms with Crippen molar-refractivity contribution in [2.24, 2.45) is 4.99 Å². The SMILES string of the molecule is CC.CC.CC/C(=C\C=C(/CC)C(=O)O)NSc1cccc2c1N=CCC2. The third-order valence-corrected chi connectivity index (χ3v) is 4.57. The molecule has 0 aliphatic carbocycles. The predicted octanol–water partition coefficient (Wildman–Crippen LogP) is 6.70. The van der Waals surface area contributed by atoms with Gasteiger partial charge in [0, 0.05) is 17.5 Å². The van der Waals surface area contributed by atoms with Gasteiger partial charge in [0.15, 0.2) is 0 Å². The average molecular weight is 391 g/mol. The highest BCUT2D eigenvalue weighted by molar-refractivity contribution is 7.97. The standard InChI is InChI=1S/C18H22N2O2S.2C2H6/c1-3-13(18(21)22)10-11-15(4-2)20-23-16-9-5-7-14-8-6-12-19-17(14)16;2*1-2/h5,7,9-12,20H,3-4,6,8H2,1-2H3,(H,21,22);2*1-2H3/b13-10+,15-11+;;. The zero-order chi connectivity index (χ0) is 20.7. The molecule has 0 saturated heterocycles. The molecule has 0 aromatic heterocycles. The van der Waals surface area contributed by atoms with Crippen LogP contribution in [0.3, 0.4) is 0 Å². The Kier molecular flexibility index (Phi) is 14.0. The molecule has 27 heavy (non-hydrogen) atoms. The van der Waals surface area contributed by atoms with E-state index in [0.29, 0.717) is 12.0 Å². The molecule has 0 amide bonds. The van der Waals surface area contributed by atoms with E-state index in [1.54, 1.807) is 6.08 Å². The van der Waals surface area contributed by atoms with Crippen LogP contribution in [-0.4, -0.2) is 17.3 Å². The molecule has 0 unspecified atom stereocenters. The van der Waals surface area contributed by atoms with E-state index in [1.807, 2.05) is 53.8 Å². The molecule has 0 spiro atoms. The summed E-state index contributed by atoms with van der Waals surface area (Å²) < 4.78 is 3.32. The summed E-state index contributed by atoms with van der Waals surface area (Å²) in [6.07, 6.45) is 8.83. The molecule has 5 heteroatoms. The van der Waals surface area contributed by atoms with Crippen LogP contribution >= 0.6 is 11.9 Å². The van der Waals surface area contributed by atoms with Gasteiger partial charge in [-0.3, -0.25) is 4.99 Å². The van der Waals surface area contributed by atoms with Crippen molar-refractivity contribution in [1.29, 1.82) is 0 Å². The van der Waals surface area contributed by atoms with Crippen molar-refractivity contribution < 1.29 is 9.90 Å². The van der Waals surface area contributed by atoms with E-state index < -0.39 is 5.97 Å². The number of allylic oxidation sites excluding steroid dienone is 3. The number of hydrogen-bond donors (Lipinski definition) is 2. The van der Waals surface area contributed by atoms with Crippen LogP contribution in [0.5, 0.6) is 0 Å². The summed E-state index contributed by atoms with van der Waals surface area (Å²) in [6.45, 7) is 11.9. The molecular weight excluding hydrogens is 356 g/mol. The molecule has 1 heterocycles. The first-order chi connectivity index (χ1) is 13.2. The predicted molar refractivity (Wildman–Crippen MR) is 119 cm³/mol. The van der Waals surface area contributed by atoms with Gasteiger partial charge in [-0.15, -0.1) is 0 Å². The van der Waals surface area contributed by atoms with Crippen LogP contribution in [0.25, 0.3) is 0 Å². The molecule has 150 valence electrons. The lowest BCUT2D eigenvalue weighted by Crippen LogP contribution is -2.04. The zero-order valence-corrected chi connectivity index (χ0v) is 18.3. The minimum Gasteiger partial charge on any atom is -0.478 e. The van der Waals surface area contributed by atoms with Crippen molar-refractivity contribution in [3.05, 3.63) is 47.2 Å². The zero-order valence-electron chi connectivity index (χ0n) is 17.5. The first kappa shape index (κ1) is 25.0. The van der Waals surface area contributed by atoms with Crippen LogP contribution in [0.4, 0.5) is 5.69 Å². The maximum absolute atomic E-state index is 11.0. The fraction of sp³-hybridized carbons (Fsp3) is 0.455. The molecule has 4 nitrogen and oxygen atoms in total. The highest BCUT2D eigenvalue weighted by Gasteiger charge is 2.11. The summed E-state index contributed by atoms with van der Waals surface area (Å²) in [4.78, 5) is 16.6. The highest BCUT2D eigenvalue weighted by Crippen LogP contribution is 2.34. The molecule has 2 rings (SSSR count). The minimum absolute atomic E-state index is 0.407. The Balaban J connectivity index is 0.00000158. The van der Waals surface area contributed by atoms with E-state index in [0.717, 1.165) is 35.5 Å². The van der Waals surface area contributed by atoms with E-state index >= 15 is 0 Å². The van der Waals surface area contributed by atoms with Gasteiger partial charge < -0.3 is 9.83 Å². The number of hydrogen-bond acceptors (Lipinski definition) is 4. The fourth-order valence-electron chi connectivity index (χ4n) is 2.26. The Morgan fingerprint density at radius 1 is 1.19 bits per heavy atom. The third-order valence-electron chi connectivity index (χ3n) is 3.66. The summed E-state index contributed by atoms with van der Waals surface area (Å²) in [5, 5.41) is 9.06. The van der Waals surface area contributed by atoms with E-state index in [4.69, 9.17) is 5.11 Å². The van der Waals surface area contributed by atoms with E-state index in [2.05, 4.69) is 27.9 Å². The molecule has 1 aliphatic heterocycles. The normalized spacial score (nSPS) is 12.8. The van der Waals surface area contributed by atoms with Crippen LogP contribution in [0.2, 0.25) is 0 Å². The second-order valence-electron chi connectivity index (χ2n) is 5.21. The number of para-hydroxylation sites is 1. The number of nitrogens with one attached hydrogen (secondary N) is 1. The quantitative estimate of drug-likeness (QED) is 0.309. The molecule has 0 fully saturated rings. The van der Waals surface area contributed by atoms with Gasteiger partial charge in [0.2, 0.25) is 0 Å². The Morgan fingerprint density at radius 3 is 2.48 bits per heavy atom. The van der Waals surface area contributed by atoms with Gasteiger partial charge in [-0.25, -0.2) is 4.79 Å². The van der Waals surface area contributed by atoms with Crippen LogP contribution in [0.15, 0.2) is 51.5 Å². The van der Waals surface area contributed by atoms with Crippen LogP contribution in [0, 0.1) is 0 Å². The molecule has 0 saturated carbocycles. The molecule has 0 atom stereocenters. The Morgan fingerprint density at radius 2 is 1.89 bits per heavy atom. The lowest BCUT2D eigenvalue weighted by Gasteiger charge is -2.14. The number of aliphatic imine (C=N–C) groups is 1. The Bertz CT molecular complexity index is 664. The summed E-state index contributed by atoms with van der Waals surface area (Å²) in [5.41, 5.74) is 3.71. The monoisotopic (exact) mass is 390 g/mol. The van der Waals surface area contributed by atoms with Crippen LogP contribution in [-0.2, 0) is 11.2 Å². The molecule has 1 aromatic carbocycles. The second-order valence-corrected chi connectivity index (χ2v) is 6.06. The molecule has 1 aromatic rings. The van der Waals surface area contributed by atoms with Gasteiger partial charge in [0.25, 0.3) is 0 Å². The van der Waals surface area contributed by atoms with E-state index in [1.165, 1.54) is 17.5 Å². The third kappa shape index (κ3) is 8.48. The summed E-state index contributed by atoms with van der Waals surface area (Å²) in [7, 11) is 0. The number of fused-ring (bicyclic) bond motifs is 1. The smallest absolute Gasteiger partial charge is 0.331 e. The number of aliphatic carboxylic acids is 1.